The van der Waals surface area contributed by atoms with E-state index in [0.717, 1.165) is 32.9 Å². The topological polar surface area (TPSA) is 52.3 Å². The minimum atomic E-state index is 0.727. The number of nitrogens with zero attached hydrogens (tertiary/aromatic N) is 4. The molecule has 2 aromatic carbocycles. The van der Waals surface area contributed by atoms with Crippen molar-refractivity contribution in [2.24, 2.45) is 0 Å². The fourth-order valence-corrected chi connectivity index (χ4v) is 4.04. The van der Waals surface area contributed by atoms with Gasteiger partial charge >= 0.3 is 0 Å². The number of rotatable bonds is 6. The number of benzene rings is 2. The summed E-state index contributed by atoms with van der Waals surface area (Å²) < 4.78 is 7.19. The van der Waals surface area contributed by atoms with E-state index in [1.807, 2.05) is 59.1 Å². The largest absolute Gasteiger partial charge is 0.496 e. The SMILES string of the molecule is COc1ccccc1/C=C/c1nn2c(CSc3ccccc3)nnc2s1. The third-order valence-corrected chi connectivity index (χ3v) is 5.60. The van der Waals surface area contributed by atoms with Crippen molar-refractivity contribution >= 4 is 40.2 Å². The summed E-state index contributed by atoms with van der Waals surface area (Å²) >= 11 is 3.24. The van der Waals surface area contributed by atoms with Crippen molar-refractivity contribution in [3.63, 3.8) is 0 Å². The number of methoxy groups -OCH3 is 1. The highest BCUT2D eigenvalue weighted by molar-refractivity contribution is 7.98. The molecule has 0 atom stereocenters. The zero-order valence-electron chi connectivity index (χ0n) is 14.1. The summed E-state index contributed by atoms with van der Waals surface area (Å²) in [7, 11) is 1.67. The highest BCUT2D eigenvalue weighted by atomic mass is 32.2. The fraction of sp³-hybridized carbons (Fsp3) is 0.105. The summed E-state index contributed by atoms with van der Waals surface area (Å²) in [6.07, 6.45) is 3.98. The number of hydrogen-bond acceptors (Lipinski definition) is 6. The van der Waals surface area contributed by atoms with Gasteiger partial charge in [-0.3, -0.25) is 0 Å². The molecule has 0 spiro atoms. The first kappa shape index (κ1) is 16.8. The second kappa shape index (κ2) is 7.72. The van der Waals surface area contributed by atoms with Gasteiger partial charge in [-0.2, -0.15) is 9.61 Å². The molecule has 0 aliphatic rings. The lowest BCUT2D eigenvalue weighted by Crippen LogP contribution is -1.93. The summed E-state index contributed by atoms with van der Waals surface area (Å²) in [5.41, 5.74) is 1.01. The van der Waals surface area contributed by atoms with Crippen LogP contribution in [0.3, 0.4) is 0 Å². The van der Waals surface area contributed by atoms with Crippen LogP contribution in [0.15, 0.2) is 59.5 Å². The van der Waals surface area contributed by atoms with Crippen LogP contribution in [0.2, 0.25) is 0 Å². The van der Waals surface area contributed by atoms with Gasteiger partial charge in [-0.25, -0.2) is 0 Å². The van der Waals surface area contributed by atoms with Crippen LogP contribution in [0.5, 0.6) is 5.75 Å². The Bertz CT molecular complexity index is 1040. The summed E-state index contributed by atoms with van der Waals surface area (Å²) in [6.45, 7) is 0. The quantitative estimate of drug-likeness (QED) is 0.456. The Balaban J connectivity index is 1.53. The molecule has 2 heterocycles. The van der Waals surface area contributed by atoms with E-state index in [4.69, 9.17) is 4.74 Å². The molecule has 0 N–H and O–H groups in total. The first-order valence-corrected chi connectivity index (χ1v) is 9.84. The molecule has 0 saturated heterocycles. The van der Waals surface area contributed by atoms with Crippen molar-refractivity contribution in [1.82, 2.24) is 19.8 Å². The molecule has 26 heavy (non-hydrogen) atoms. The zero-order valence-corrected chi connectivity index (χ0v) is 15.7. The number of para-hydroxylation sites is 1. The Morgan fingerprint density at radius 3 is 2.69 bits per heavy atom. The monoisotopic (exact) mass is 380 g/mol. The maximum atomic E-state index is 5.37. The van der Waals surface area contributed by atoms with Crippen LogP contribution in [-0.4, -0.2) is 26.9 Å². The van der Waals surface area contributed by atoms with Crippen LogP contribution >= 0.6 is 23.1 Å². The minimum Gasteiger partial charge on any atom is -0.496 e. The Labute approximate surface area is 159 Å². The van der Waals surface area contributed by atoms with Crippen molar-refractivity contribution in [2.75, 3.05) is 7.11 Å². The average molecular weight is 380 g/mol. The van der Waals surface area contributed by atoms with Gasteiger partial charge in [-0.1, -0.05) is 47.7 Å². The lowest BCUT2D eigenvalue weighted by Gasteiger charge is -2.02. The van der Waals surface area contributed by atoms with E-state index in [2.05, 4.69) is 27.4 Å². The molecule has 4 aromatic rings. The number of fused-ring (bicyclic) bond motifs is 1. The van der Waals surface area contributed by atoms with Crippen LogP contribution in [0.1, 0.15) is 16.4 Å². The van der Waals surface area contributed by atoms with Gasteiger partial charge in [0.25, 0.3) is 0 Å². The molecule has 5 nitrogen and oxygen atoms in total. The summed E-state index contributed by atoms with van der Waals surface area (Å²) in [5.74, 6) is 2.42. The van der Waals surface area contributed by atoms with Crippen LogP contribution in [0, 0.1) is 0 Å². The number of ether oxygens (including phenoxy) is 1. The molecular weight excluding hydrogens is 364 g/mol. The predicted octanol–water partition coefficient (Wildman–Crippen LogP) is 4.66. The molecular formula is C19H16N4OS2. The van der Waals surface area contributed by atoms with Crippen LogP contribution in [-0.2, 0) is 5.75 Å². The normalized spacial score (nSPS) is 11.4. The standard InChI is InChI=1S/C19H16N4OS2/c1-24-16-10-6-5-7-14(16)11-12-18-22-23-17(20-21-19(23)26-18)13-25-15-8-3-2-4-9-15/h2-12H,13H2,1H3/b12-11+. The molecule has 0 saturated carbocycles. The van der Waals surface area contributed by atoms with Gasteiger partial charge in [0.1, 0.15) is 10.8 Å². The van der Waals surface area contributed by atoms with E-state index in [1.165, 1.54) is 16.2 Å². The number of aromatic nitrogens is 4. The molecule has 0 bridgehead atoms. The highest BCUT2D eigenvalue weighted by Crippen LogP contribution is 2.24. The first-order valence-electron chi connectivity index (χ1n) is 8.03. The second-order valence-electron chi connectivity index (χ2n) is 5.43. The van der Waals surface area contributed by atoms with E-state index < -0.39 is 0 Å². The van der Waals surface area contributed by atoms with E-state index >= 15 is 0 Å². The van der Waals surface area contributed by atoms with Crippen LogP contribution < -0.4 is 4.74 Å². The Hall–Kier alpha value is -2.64. The maximum absolute atomic E-state index is 5.37. The third kappa shape index (κ3) is 3.63. The minimum absolute atomic E-state index is 0.727. The number of thioether (sulfide) groups is 1. The lowest BCUT2D eigenvalue weighted by atomic mass is 10.2. The molecule has 0 fully saturated rings. The molecule has 7 heteroatoms. The number of hydrogen-bond donors (Lipinski definition) is 0. The average Bonchev–Trinajstić information content (AvgIpc) is 3.26. The van der Waals surface area contributed by atoms with Gasteiger partial charge in [0.2, 0.25) is 4.96 Å². The van der Waals surface area contributed by atoms with Gasteiger partial charge in [0.05, 0.1) is 12.9 Å². The van der Waals surface area contributed by atoms with Gasteiger partial charge in [0.15, 0.2) is 5.82 Å². The Morgan fingerprint density at radius 2 is 1.85 bits per heavy atom. The third-order valence-electron chi connectivity index (χ3n) is 3.73. The molecule has 0 radical (unpaired) electrons. The fourth-order valence-electron chi connectivity index (χ4n) is 2.46. The smallest absolute Gasteiger partial charge is 0.234 e. The van der Waals surface area contributed by atoms with Gasteiger partial charge in [-0.05, 0) is 30.4 Å². The lowest BCUT2D eigenvalue weighted by molar-refractivity contribution is 0.414. The van der Waals surface area contributed by atoms with Crippen molar-refractivity contribution in [3.05, 3.63) is 71.0 Å². The van der Waals surface area contributed by atoms with Crippen molar-refractivity contribution < 1.29 is 4.74 Å². The van der Waals surface area contributed by atoms with Crippen LogP contribution in [0.25, 0.3) is 17.1 Å². The molecule has 130 valence electrons. The first-order chi connectivity index (χ1) is 12.8. The van der Waals surface area contributed by atoms with E-state index in [-0.39, 0.29) is 0 Å². The molecule has 0 amide bonds. The van der Waals surface area contributed by atoms with E-state index in [1.54, 1.807) is 18.9 Å². The molecule has 4 rings (SSSR count). The van der Waals surface area contributed by atoms with Crippen molar-refractivity contribution in [2.45, 2.75) is 10.6 Å². The summed E-state index contributed by atoms with van der Waals surface area (Å²) in [6, 6.07) is 18.2. The Kier molecular flexibility index (Phi) is 4.99. The Morgan fingerprint density at radius 1 is 1.04 bits per heavy atom. The van der Waals surface area contributed by atoms with Crippen molar-refractivity contribution in [1.29, 1.82) is 0 Å². The van der Waals surface area contributed by atoms with Crippen molar-refractivity contribution in [3.8, 4) is 5.75 Å². The predicted molar refractivity (Wildman–Crippen MR) is 107 cm³/mol. The molecule has 0 aliphatic heterocycles. The molecule has 0 aliphatic carbocycles. The molecule has 2 aromatic heterocycles. The summed E-state index contributed by atoms with van der Waals surface area (Å²) in [4.78, 5) is 2.00. The van der Waals surface area contributed by atoms with Gasteiger partial charge in [-0.15, -0.1) is 22.0 Å². The molecule has 0 unspecified atom stereocenters. The highest BCUT2D eigenvalue weighted by Gasteiger charge is 2.11. The van der Waals surface area contributed by atoms with E-state index in [0.29, 0.717) is 0 Å². The maximum Gasteiger partial charge on any atom is 0.234 e. The summed E-state index contributed by atoms with van der Waals surface area (Å²) in [5, 5.41) is 14.0. The second-order valence-corrected chi connectivity index (χ2v) is 7.46. The van der Waals surface area contributed by atoms with Crippen LogP contribution in [0.4, 0.5) is 0 Å². The van der Waals surface area contributed by atoms with Gasteiger partial charge in [0, 0.05) is 10.5 Å². The van der Waals surface area contributed by atoms with E-state index in [9.17, 15) is 0 Å². The zero-order chi connectivity index (χ0) is 17.8. The van der Waals surface area contributed by atoms with Gasteiger partial charge < -0.3 is 4.74 Å².